The third kappa shape index (κ3) is 8.77. The normalized spacial score (nSPS) is 31.9. The Morgan fingerprint density at radius 2 is 1.55 bits per heavy atom. The lowest BCUT2D eigenvalue weighted by Gasteiger charge is -2.61. The first kappa shape index (κ1) is 38.5. The molecule has 0 amide bonds. The lowest BCUT2D eigenvalue weighted by molar-refractivity contribution is -0.162. The zero-order chi connectivity index (χ0) is 36.0. The Hall–Kier alpha value is -2.24. The summed E-state index contributed by atoms with van der Waals surface area (Å²) in [6.45, 7) is 9.45. The SMILES string of the molecule is C[C@H](CCC(=O)OCc1ccccc1)[C@H]1CC[C@H]2[C@@H]3CCC4C[C@H](OC(=O)CCc5cccc(N(CCCl)CCCl)c5)CC[C@]4(C)[C@H]3CC[C@]12C. The second-order valence-corrected chi connectivity index (χ2v) is 17.7. The minimum Gasteiger partial charge on any atom is -0.462 e. The zero-order valence-electron chi connectivity index (χ0n) is 31.3. The molecule has 7 heteroatoms. The first-order valence-electron chi connectivity index (χ1n) is 20.0. The van der Waals surface area contributed by atoms with Crippen LogP contribution < -0.4 is 4.90 Å². The molecule has 4 aliphatic rings. The number of fused-ring (bicyclic) bond motifs is 5. The highest BCUT2D eigenvalue weighted by Crippen LogP contribution is 2.68. The van der Waals surface area contributed by atoms with Crippen LogP contribution in [0.1, 0.15) is 109 Å². The maximum absolute atomic E-state index is 13.1. The quantitative estimate of drug-likeness (QED) is 0.135. The molecule has 51 heavy (non-hydrogen) atoms. The van der Waals surface area contributed by atoms with Gasteiger partial charge in [-0.3, -0.25) is 9.59 Å². The summed E-state index contributed by atoms with van der Waals surface area (Å²) in [7, 11) is 0. The van der Waals surface area contributed by atoms with Gasteiger partial charge in [0, 0.05) is 43.4 Å². The maximum atomic E-state index is 13.1. The first-order valence-corrected chi connectivity index (χ1v) is 21.1. The van der Waals surface area contributed by atoms with Gasteiger partial charge in [0.1, 0.15) is 12.7 Å². The number of carbonyl (C=O) groups is 2. The molecule has 0 radical (unpaired) electrons. The summed E-state index contributed by atoms with van der Waals surface area (Å²) < 4.78 is 11.8. The third-order valence-electron chi connectivity index (χ3n) is 14.3. The monoisotopic (exact) mass is 737 g/mol. The lowest BCUT2D eigenvalue weighted by Crippen LogP contribution is -2.54. The summed E-state index contributed by atoms with van der Waals surface area (Å²) in [5.41, 5.74) is 4.00. The van der Waals surface area contributed by atoms with Crippen molar-refractivity contribution in [2.45, 2.75) is 117 Å². The van der Waals surface area contributed by atoms with Crippen LogP contribution in [0.25, 0.3) is 0 Å². The van der Waals surface area contributed by atoms with Crippen LogP contribution in [0.4, 0.5) is 5.69 Å². The number of rotatable bonds is 15. The molecule has 4 fully saturated rings. The second kappa shape index (κ2) is 17.3. The van der Waals surface area contributed by atoms with Crippen LogP contribution in [0.2, 0.25) is 0 Å². The number of benzene rings is 2. The number of hydrogen-bond acceptors (Lipinski definition) is 5. The Bertz CT molecular complexity index is 1450. The summed E-state index contributed by atoms with van der Waals surface area (Å²) >= 11 is 12.0. The van der Waals surface area contributed by atoms with Gasteiger partial charge in [0.2, 0.25) is 0 Å². The van der Waals surface area contributed by atoms with Crippen LogP contribution in [0.15, 0.2) is 54.6 Å². The molecule has 0 spiro atoms. The molecule has 5 nitrogen and oxygen atoms in total. The topological polar surface area (TPSA) is 55.8 Å². The van der Waals surface area contributed by atoms with Gasteiger partial charge in [-0.05, 0) is 140 Å². The van der Waals surface area contributed by atoms with Gasteiger partial charge in [-0.25, -0.2) is 0 Å². The van der Waals surface area contributed by atoms with E-state index in [4.69, 9.17) is 32.7 Å². The fourth-order valence-corrected chi connectivity index (χ4v) is 12.0. The average molecular weight is 739 g/mol. The Balaban J connectivity index is 0.977. The van der Waals surface area contributed by atoms with Crippen LogP contribution in [0, 0.1) is 46.3 Å². The molecule has 9 atom stereocenters. The molecule has 280 valence electrons. The van der Waals surface area contributed by atoms with E-state index >= 15 is 0 Å². The molecular formula is C44H61Cl2NO4. The molecule has 6 rings (SSSR count). The predicted molar refractivity (Wildman–Crippen MR) is 208 cm³/mol. The summed E-state index contributed by atoms with van der Waals surface area (Å²) in [5.74, 6) is 5.18. The molecule has 0 aromatic heterocycles. The van der Waals surface area contributed by atoms with Crippen molar-refractivity contribution in [1.82, 2.24) is 0 Å². The van der Waals surface area contributed by atoms with Crippen LogP contribution >= 0.6 is 23.2 Å². The summed E-state index contributed by atoms with van der Waals surface area (Å²) in [4.78, 5) is 27.9. The largest absolute Gasteiger partial charge is 0.462 e. The van der Waals surface area contributed by atoms with Gasteiger partial charge < -0.3 is 14.4 Å². The molecule has 4 aliphatic carbocycles. The number of aryl methyl sites for hydroxylation is 1. The van der Waals surface area contributed by atoms with Crippen molar-refractivity contribution in [3.8, 4) is 0 Å². The third-order valence-corrected chi connectivity index (χ3v) is 14.7. The minimum atomic E-state index is -0.0693. The molecule has 1 unspecified atom stereocenters. The van der Waals surface area contributed by atoms with Gasteiger partial charge in [-0.2, -0.15) is 0 Å². The Labute approximate surface area is 317 Å². The predicted octanol–water partition coefficient (Wildman–Crippen LogP) is 10.6. The Morgan fingerprint density at radius 1 is 0.824 bits per heavy atom. The van der Waals surface area contributed by atoms with E-state index in [0.29, 0.717) is 66.2 Å². The van der Waals surface area contributed by atoms with Crippen LogP contribution in [-0.2, 0) is 32.1 Å². The van der Waals surface area contributed by atoms with Gasteiger partial charge in [0.05, 0.1) is 0 Å². The van der Waals surface area contributed by atoms with E-state index in [9.17, 15) is 9.59 Å². The molecule has 0 bridgehead atoms. The minimum absolute atomic E-state index is 0.0475. The van der Waals surface area contributed by atoms with Crippen LogP contribution in [-0.4, -0.2) is 42.9 Å². The van der Waals surface area contributed by atoms with E-state index in [2.05, 4.69) is 49.9 Å². The fraction of sp³-hybridized carbons (Fsp3) is 0.682. The van der Waals surface area contributed by atoms with Crippen molar-refractivity contribution >= 4 is 40.8 Å². The molecule has 2 aromatic rings. The molecule has 0 heterocycles. The van der Waals surface area contributed by atoms with Crippen molar-refractivity contribution < 1.29 is 19.1 Å². The number of esters is 2. The highest BCUT2D eigenvalue weighted by atomic mass is 35.5. The standard InChI is InChI=1S/C44H61Cl2NO4/c1-31(12-18-41(48)50-30-33-8-5-4-6-9-33)38-16-17-39-37-15-14-34-29-36(20-22-43(34,2)40(37)21-23-44(38,39)3)51-42(49)19-13-32-10-7-11-35(28-32)47(26-24-45)27-25-46/h4-11,28,31,34,36-40H,12-27,29-30H2,1-3H3/t31-,34?,36-,37+,38-,39+,40+,43+,44-/m1/s1. The van der Waals surface area contributed by atoms with Crippen molar-refractivity contribution in [1.29, 1.82) is 0 Å². The van der Waals surface area contributed by atoms with Crippen molar-refractivity contribution in [3.05, 3.63) is 65.7 Å². The van der Waals surface area contributed by atoms with Gasteiger partial charge in [-0.15, -0.1) is 23.2 Å². The Morgan fingerprint density at radius 3 is 2.31 bits per heavy atom. The van der Waals surface area contributed by atoms with Gasteiger partial charge in [-0.1, -0.05) is 63.2 Å². The molecule has 0 saturated heterocycles. The van der Waals surface area contributed by atoms with Crippen LogP contribution in [0.3, 0.4) is 0 Å². The maximum Gasteiger partial charge on any atom is 0.306 e. The molecule has 2 aromatic carbocycles. The first-order chi connectivity index (χ1) is 24.6. The molecule has 0 aliphatic heterocycles. The highest BCUT2D eigenvalue weighted by Gasteiger charge is 2.60. The van der Waals surface area contributed by atoms with Gasteiger partial charge in [0.15, 0.2) is 0 Å². The van der Waals surface area contributed by atoms with Crippen molar-refractivity contribution in [2.24, 2.45) is 46.3 Å². The van der Waals surface area contributed by atoms with E-state index < -0.39 is 0 Å². The number of alkyl halides is 2. The summed E-state index contributed by atoms with van der Waals surface area (Å²) in [5, 5.41) is 0. The van der Waals surface area contributed by atoms with Gasteiger partial charge >= 0.3 is 11.9 Å². The number of hydrogen-bond donors (Lipinski definition) is 0. The summed E-state index contributed by atoms with van der Waals surface area (Å²) in [6, 6.07) is 18.4. The molecule has 0 N–H and O–H groups in total. The van der Waals surface area contributed by atoms with E-state index in [1.807, 2.05) is 30.3 Å². The molecular weight excluding hydrogens is 677 g/mol. The van der Waals surface area contributed by atoms with E-state index in [1.165, 1.54) is 44.9 Å². The number of halogens is 2. The smallest absolute Gasteiger partial charge is 0.306 e. The fourth-order valence-electron chi connectivity index (χ4n) is 11.6. The lowest BCUT2D eigenvalue weighted by atomic mass is 9.44. The van der Waals surface area contributed by atoms with E-state index in [1.54, 1.807) is 0 Å². The second-order valence-electron chi connectivity index (χ2n) is 17.0. The van der Waals surface area contributed by atoms with Crippen molar-refractivity contribution in [3.63, 3.8) is 0 Å². The highest BCUT2D eigenvalue weighted by molar-refractivity contribution is 6.18. The number of ether oxygens (including phenoxy) is 2. The van der Waals surface area contributed by atoms with E-state index in [0.717, 1.165) is 66.9 Å². The number of carbonyl (C=O) groups excluding carboxylic acids is 2. The Kier molecular flexibility index (Phi) is 13.0. The van der Waals surface area contributed by atoms with Gasteiger partial charge in [0.25, 0.3) is 0 Å². The average Bonchev–Trinajstić information content (AvgIpc) is 3.50. The number of anilines is 1. The zero-order valence-corrected chi connectivity index (χ0v) is 32.8. The molecule has 4 saturated carbocycles. The summed E-state index contributed by atoms with van der Waals surface area (Å²) in [6.07, 6.45) is 13.6. The van der Waals surface area contributed by atoms with Crippen molar-refractivity contribution in [2.75, 3.05) is 29.7 Å². The van der Waals surface area contributed by atoms with Crippen LogP contribution in [0.5, 0.6) is 0 Å². The number of nitrogens with zero attached hydrogens (tertiary/aromatic N) is 1. The van der Waals surface area contributed by atoms with E-state index in [-0.39, 0.29) is 18.0 Å².